The van der Waals surface area contributed by atoms with Crippen LogP contribution in [-0.2, 0) is 6.42 Å². The van der Waals surface area contributed by atoms with Gasteiger partial charge in [-0.25, -0.2) is 0 Å². The van der Waals surface area contributed by atoms with E-state index >= 15 is 0 Å². The van der Waals surface area contributed by atoms with Crippen molar-refractivity contribution in [1.82, 2.24) is 4.98 Å². The average molecular weight is 206 g/mol. The Hall–Kier alpha value is -1.09. The molecule has 0 radical (unpaired) electrons. The molecule has 82 valence electrons. The quantitative estimate of drug-likeness (QED) is 0.789. The third-order valence-electron chi connectivity index (χ3n) is 2.94. The highest BCUT2D eigenvalue weighted by atomic mass is 16.3. The summed E-state index contributed by atoms with van der Waals surface area (Å²) in [7, 11) is 0. The second kappa shape index (κ2) is 3.81. The standard InChI is InChI=1S/C12H18N2O/c1-12(15,6-9-2-3-9)7-10-8-14-5-4-11(10)13/h4-5,8-9,15H,2-3,6-7H2,1H3,(H2,13,14). The summed E-state index contributed by atoms with van der Waals surface area (Å²) < 4.78 is 0. The smallest absolute Gasteiger partial charge is 0.0663 e. The molecular weight excluding hydrogens is 188 g/mol. The van der Waals surface area contributed by atoms with Crippen LogP contribution in [0.4, 0.5) is 5.69 Å². The Kier molecular flexibility index (Phi) is 2.65. The van der Waals surface area contributed by atoms with E-state index in [0.717, 1.165) is 23.6 Å². The maximum atomic E-state index is 10.2. The second-order valence-electron chi connectivity index (χ2n) is 4.90. The van der Waals surface area contributed by atoms with Gasteiger partial charge in [0, 0.05) is 24.5 Å². The topological polar surface area (TPSA) is 59.1 Å². The zero-order valence-corrected chi connectivity index (χ0v) is 9.11. The summed E-state index contributed by atoms with van der Waals surface area (Å²) in [6.45, 7) is 1.89. The first-order chi connectivity index (χ1) is 7.07. The number of hydrogen-bond acceptors (Lipinski definition) is 3. The summed E-state index contributed by atoms with van der Waals surface area (Å²) in [5, 5.41) is 10.2. The van der Waals surface area contributed by atoms with Crippen molar-refractivity contribution in [1.29, 1.82) is 0 Å². The van der Waals surface area contributed by atoms with Gasteiger partial charge in [0.2, 0.25) is 0 Å². The predicted molar refractivity (Wildman–Crippen MR) is 60.3 cm³/mol. The normalized spacial score (nSPS) is 19.9. The Balaban J connectivity index is 2.03. The van der Waals surface area contributed by atoms with Gasteiger partial charge in [0.15, 0.2) is 0 Å². The molecule has 0 aromatic carbocycles. The molecule has 3 nitrogen and oxygen atoms in total. The molecule has 0 bridgehead atoms. The van der Waals surface area contributed by atoms with Crippen LogP contribution >= 0.6 is 0 Å². The number of anilines is 1. The highest BCUT2D eigenvalue weighted by Crippen LogP contribution is 2.38. The van der Waals surface area contributed by atoms with Crippen molar-refractivity contribution >= 4 is 5.69 Å². The molecule has 3 N–H and O–H groups in total. The van der Waals surface area contributed by atoms with Gasteiger partial charge in [-0.05, 0) is 30.9 Å². The maximum absolute atomic E-state index is 10.2. The van der Waals surface area contributed by atoms with Crippen LogP contribution in [0.2, 0.25) is 0 Å². The number of nitrogens with zero attached hydrogens (tertiary/aromatic N) is 1. The molecule has 1 saturated carbocycles. The molecule has 1 unspecified atom stereocenters. The number of hydrogen-bond donors (Lipinski definition) is 2. The zero-order valence-electron chi connectivity index (χ0n) is 9.11. The van der Waals surface area contributed by atoms with Gasteiger partial charge in [0.05, 0.1) is 5.60 Å². The van der Waals surface area contributed by atoms with E-state index in [1.807, 2.05) is 6.92 Å². The molecule has 0 saturated heterocycles. The summed E-state index contributed by atoms with van der Waals surface area (Å²) in [6, 6.07) is 1.78. The highest BCUT2D eigenvalue weighted by molar-refractivity contribution is 5.44. The Labute approximate surface area is 90.3 Å². The first-order valence-electron chi connectivity index (χ1n) is 5.47. The molecule has 3 heteroatoms. The molecule has 1 aromatic heterocycles. The highest BCUT2D eigenvalue weighted by Gasteiger charge is 2.32. The van der Waals surface area contributed by atoms with Crippen molar-refractivity contribution in [3.63, 3.8) is 0 Å². The van der Waals surface area contributed by atoms with E-state index in [1.54, 1.807) is 18.5 Å². The summed E-state index contributed by atoms with van der Waals surface area (Å²) in [5.41, 5.74) is 6.85. The molecule has 15 heavy (non-hydrogen) atoms. The minimum atomic E-state index is -0.641. The number of nitrogens with two attached hydrogens (primary N) is 1. The van der Waals surface area contributed by atoms with Crippen molar-refractivity contribution in [2.75, 3.05) is 5.73 Å². The van der Waals surface area contributed by atoms with Gasteiger partial charge in [-0.3, -0.25) is 4.98 Å². The summed E-state index contributed by atoms with van der Waals surface area (Å²) in [5.74, 6) is 0.720. The average Bonchev–Trinajstić information content (AvgIpc) is 2.91. The third-order valence-corrected chi connectivity index (χ3v) is 2.94. The van der Waals surface area contributed by atoms with Crippen LogP contribution in [0.15, 0.2) is 18.5 Å². The number of rotatable bonds is 4. The van der Waals surface area contributed by atoms with Gasteiger partial charge in [0.25, 0.3) is 0 Å². The van der Waals surface area contributed by atoms with Crippen molar-refractivity contribution in [3.05, 3.63) is 24.0 Å². The van der Waals surface area contributed by atoms with Crippen LogP contribution < -0.4 is 5.73 Å². The van der Waals surface area contributed by atoms with E-state index in [9.17, 15) is 5.11 Å². The van der Waals surface area contributed by atoms with Crippen LogP contribution in [0.25, 0.3) is 0 Å². The van der Waals surface area contributed by atoms with Gasteiger partial charge in [-0.2, -0.15) is 0 Å². The Bertz CT molecular complexity index is 345. The Morgan fingerprint density at radius 2 is 2.33 bits per heavy atom. The van der Waals surface area contributed by atoms with E-state index in [0.29, 0.717) is 6.42 Å². The lowest BCUT2D eigenvalue weighted by molar-refractivity contribution is 0.0456. The molecule has 0 spiro atoms. The summed E-state index contributed by atoms with van der Waals surface area (Å²) in [6.07, 6.45) is 7.42. The molecule has 1 aliphatic rings. The van der Waals surface area contributed by atoms with Crippen LogP contribution in [0.5, 0.6) is 0 Å². The number of aromatic nitrogens is 1. The largest absolute Gasteiger partial charge is 0.398 e. The molecule has 1 aromatic rings. The molecule has 1 heterocycles. The van der Waals surface area contributed by atoms with E-state index in [2.05, 4.69) is 4.98 Å². The fraction of sp³-hybridized carbons (Fsp3) is 0.583. The van der Waals surface area contributed by atoms with E-state index in [1.165, 1.54) is 12.8 Å². The Morgan fingerprint density at radius 1 is 1.60 bits per heavy atom. The molecule has 1 fully saturated rings. The number of nitrogen functional groups attached to an aromatic ring is 1. The van der Waals surface area contributed by atoms with E-state index in [4.69, 9.17) is 5.73 Å². The summed E-state index contributed by atoms with van der Waals surface area (Å²) >= 11 is 0. The van der Waals surface area contributed by atoms with Gasteiger partial charge in [-0.15, -0.1) is 0 Å². The number of pyridine rings is 1. The van der Waals surface area contributed by atoms with Crippen LogP contribution in [0.3, 0.4) is 0 Å². The van der Waals surface area contributed by atoms with Crippen LogP contribution in [0, 0.1) is 5.92 Å². The minimum absolute atomic E-state index is 0.600. The molecule has 1 aliphatic carbocycles. The SMILES string of the molecule is CC(O)(Cc1cnccc1N)CC1CC1. The minimum Gasteiger partial charge on any atom is -0.398 e. The maximum Gasteiger partial charge on any atom is 0.0663 e. The Morgan fingerprint density at radius 3 is 2.93 bits per heavy atom. The lowest BCUT2D eigenvalue weighted by Crippen LogP contribution is -2.28. The van der Waals surface area contributed by atoms with Gasteiger partial charge in [-0.1, -0.05) is 12.8 Å². The molecule has 0 amide bonds. The van der Waals surface area contributed by atoms with E-state index in [-0.39, 0.29) is 0 Å². The predicted octanol–water partition coefficient (Wildman–Crippen LogP) is 1.76. The van der Waals surface area contributed by atoms with Gasteiger partial charge < -0.3 is 10.8 Å². The first kappa shape index (κ1) is 10.4. The van der Waals surface area contributed by atoms with E-state index < -0.39 is 5.60 Å². The fourth-order valence-corrected chi connectivity index (χ4v) is 2.01. The fourth-order valence-electron chi connectivity index (χ4n) is 2.01. The second-order valence-corrected chi connectivity index (χ2v) is 4.90. The van der Waals surface area contributed by atoms with Crippen molar-refractivity contribution in [2.24, 2.45) is 5.92 Å². The van der Waals surface area contributed by atoms with Gasteiger partial charge in [0.1, 0.15) is 0 Å². The molecule has 1 atom stereocenters. The number of aliphatic hydroxyl groups is 1. The van der Waals surface area contributed by atoms with Crippen molar-refractivity contribution in [3.8, 4) is 0 Å². The lowest BCUT2D eigenvalue weighted by atomic mass is 9.91. The van der Waals surface area contributed by atoms with Crippen molar-refractivity contribution in [2.45, 2.75) is 38.2 Å². The zero-order chi connectivity index (χ0) is 10.9. The van der Waals surface area contributed by atoms with Crippen molar-refractivity contribution < 1.29 is 5.11 Å². The van der Waals surface area contributed by atoms with Crippen LogP contribution in [-0.4, -0.2) is 15.7 Å². The summed E-state index contributed by atoms with van der Waals surface area (Å²) in [4.78, 5) is 4.03. The molecule has 2 rings (SSSR count). The third kappa shape index (κ3) is 2.93. The lowest BCUT2D eigenvalue weighted by Gasteiger charge is -2.23. The first-order valence-corrected chi connectivity index (χ1v) is 5.47. The molecule has 0 aliphatic heterocycles. The van der Waals surface area contributed by atoms with Crippen LogP contribution in [0.1, 0.15) is 31.7 Å². The molecular formula is C12H18N2O. The monoisotopic (exact) mass is 206 g/mol. The van der Waals surface area contributed by atoms with Gasteiger partial charge >= 0.3 is 0 Å².